The molecular weight excluding hydrogens is 323 g/mol. The number of rotatable bonds is 7. The second-order valence-electron chi connectivity index (χ2n) is 2.46. The molecule has 0 fully saturated rings. The second-order valence-corrected chi connectivity index (χ2v) is 5.62. The molecule has 102 valence electrons. The van der Waals surface area contributed by atoms with Gasteiger partial charge in [-0.1, -0.05) is 23.2 Å². The Morgan fingerprint density at radius 2 is 1.71 bits per heavy atom. The molecule has 10 heteroatoms. The highest BCUT2D eigenvalue weighted by atomic mass is 35.5. The van der Waals surface area contributed by atoms with E-state index in [2.05, 4.69) is 13.6 Å². The van der Waals surface area contributed by atoms with E-state index in [1.54, 1.807) is 0 Å². The molecule has 0 saturated heterocycles. The molecule has 4 nitrogen and oxygen atoms in total. The zero-order chi connectivity index (χ0) is 13.7. The van der Waals surface area contributed by atoms with E-state index in [9.17, 15) is 13.3 Å². The Morgan fingerprint density at radius 3 is 1.94 bits per heavy atom. The molecule has 0 aliphatic heterocycles. The number of halogens is 5. The lowest BCUT2D eigenvalue weighted by molar-refractivity contribution is 0.132. The maximum absolute atomic E-state index is 13.1. The Bertz CT molecular complexity index is 318. The van der Waals surface area contributed by atoms with E-state index in [0.29, 0.717) is 0 Å². The van der Waals surface area contributed by atoms with Gasteiger partial charge in [-0.3, -0.25) is 9.05 Å². The van der Waals surface area contributed by atoms with Crippen LogP contribution >= 0.6 is 42.6 Å². The lowest BCUT2D eigenvalue weighted by Crippen LogP contribution is -2.13. The minimum absolute atomic E-state index is 0.0850. The van der Waals surface area contributed by atoms with Crippen molar-refractivity contribution in [3.63, 3.8) is 0 Å². The number of hydrogen-bond donors (Lipinski definition) is 0. The van der Waals surface area contributed by atoms with Gasteiger partial charge in [-0.05, 0) is 25.4 Å². The second kappa shape index (κ2) is 7.12. The zero-order valence-electron chi connectivity index (χ0n) is 8.88. The normalized spacial score (nSPS) is 14.5. The van der Waals surface area contributed by atoms with Gasteiger partial charge in [0.25, 0.3) is 0 Å². The highest BCUT2D eigenvalue weighted by Crippen LogP contribution is 2.55. The van der Waals surface area contributed by atoms with Crippen LogP contribution in [0.2, 0.25) is 0 Å². The van der Waals surface area contributed by atoms with E-state index in [-0.39, 0.29) is 13.2 Å². The third-order valence-corrected chi connectivity index (χ3v) is 3.28. The largest absolute Gasteiger partial charge is 0.530 e. The fourth-order valence-corrected chi connectivity index (χ4v) is 2.62. The van der Waals surface area contributed by atoms with Crippen molar-refractivity contribution in [2.45, 2.75) is 18.4 Å². The molecule has 0 unspecified atom stereocenters. The van der Waals surface area contributed by atoms with Crippen LogP contribution in [0.1, 0.15) is 13.8 Å². The van der Waals surface area contributed by atoms with E-state index < -0.39 is 23.5 Å². The standard InChI is InChI=1S/C7H10Cl3F2O4P/c1-3-14-17(13,15-4-2)16-5(6(8)11)7(9,10)12/h3-4H2,1-2H3/b6-5+. The summed E-state index contributed by atoms with van der Waals surface area (Å²) in [4.78, 5) is 0. The Morgan fingerprint density at radius 1 is 1.29 bits per heavy atom. The quantitative estimate of drug-likeness (QED) is 0.386. The molecule has 0 heterocycles. The molecule has 0 atom stereocenters. The SMILES string of the molecule is CCOP(=O)(OCC)O/C(=C(/F)Cl)C(F)(Cl)Cl. The maximum atomic E-state index is 13.1. The Kier molecular flexibility index (Phi) is 7.29. The van der Waals surface area contributed by atoms with Gasteiger partial charge in [-0.15, -0.1) is 0 Å². The van der Waals surface area contributed by atoms with Crippen LogP contribution in [0.25, 0.3) is 0 Å². The summed E-state index contributed by atoms with van der Waals surface area (Å²) in [6.07, 6.45) is 0. The maximum Gasteiger partial charge on any atom is 0.530 e. The molecule has 0 aliphatic rings. The van der Waals surface area contributed by atoms with E-state index >= 15 is 0 Å². The van der Waals surface area contributed by atoms with Crippen LogP contribution in [0, 0.1) is 0 Å². The van der Waals surface area contributed by atoms with Crippen LogP contribution in [0.4, 0.5) is 8.78 Å². The van der Waals surface area contributed by atoms with Gasteiger partial charge in [-0.25, -0.2) is 4.57 Å². The molecule has 0 aromatic carbocycles. The third-order valence-electron chi connectivity index (χ3n) is 1.21. The summed E-state index contributed by atoms with van der Waals surface area (Å²) in [5.41, 5.74) is 0. The van der Waals surface area contributed by atoms with Gasteiger partial charge in [0.05, 0.1) is 13.2 Å². The minimum Gasteiger partial charge on any atom is -0.398 e. The monoisotopic (exact) mass is 332 g/mol. The number of alkyl halides is 3. The van der Waals surface area contributed by atoms with E-state index in [4.69, 9.17) is 34.8 Å². The first-order valence-corrected chi connectivity index (χ1v) is 6.97. The summed E-state index contributed by atoms with van der Waals surface area (Å²) in [6.45, 7) is 2.77. The highest BCUT2D eigenvalue weighted by Gasteiger charge is 2.41. The summed E-state index contributed by atoms with van der Waals surface area (Å²) < 4.78 is 47.9. The molecule has 0 N–H and O–H groups in total. The van der Waals surface area contributed by atoms with Gasteiger partial charge in [0.1, 0.15) is 0 Å². The molecule has 17 heavy (non-hydrogen) atoms. The summed E-state index contributed by atoms with van der Waals surface area (Å²) in [7, 11) is -4.22. The fourth-order valence-electron chi connectivity index (χ4n) is 0.711. The van der Waals surface area contributed by atoms with Crippen LogP contribution in [-0.2, 0) is 18.1 Å². The average Bonchev–Trinajstić information content (AvgIpc) is 2.13. The van der Waals surface area contributed by atoms with Crippen LogP contribution < -0.4 is 0 Å². The Hall–Kier alpha value is 0.420. The van der Waals surface area contributed by atoms with Crippen molar-refractivity contribution in [1.82, 2.24) is 0 Å². The van der Waals surface area contributed by atoms with Crippen molar-refractivity contribution >= 4 is 42.6 Å². The molecule has 0 radical (unpaired) electrons. The summed E-state index contributed by atoms with van der Waals surface area (Å²) in [5, 5.41) is -1.70. The Labute approximate surface area is 112 Å². The van der Waals surface area contributed by atoms with Crippen molar-refractivity contribution in [1.29, 1.82) is 0 Å². The first-order valence-electron chi connectivity index (χ1n) is 4.37. The molecule has 0 aromatic rings. The minimum atomic E-state index is -4.22. The molecule has 0 aromatic heterocycles. The zero-order valence-corrected chi connectivity index (χ0v) is 12.0. The summed E-state index contributed by atoms with van der Waals surface area (Å²) in [5.74, 6) is -1.38. The topological polar surface area (TPSA) is 44.8 Å². The first-order chi connectivity index (χ1) is 7.66. The first kappa shape index (κ1) is 17.4. The fraction of sp³-hybridized carbons (Fsp3) is 0.714. The summed E-state index contributed by atoms with van der Waals surface area (Å²) >= 11 is 14.8. The average molecular weight is 333 g/mol. The summed E-state index contributed by atoms with van der Waals surface area (Å²) in [6, 6.07) is 0. The van der Waals surface area contributed by atoms with Gasteiger partial charge in [0.2, 0.25) is 11.0 Å². The molecular formula is C7H10Cl3F2O4P. The Balaban J connectivity index is 5.10. The van der Waals surface area contributed by atoms with Crippen molar-refractivity contribution in [3.8, 4) is 0 Å². The van der Waals surface area contributed by atoms with Crippen molar-refractivity contribution in [3.05, 3.63) is 11.0 Å². The van der Waals surface area contributed by atoms with Crippen molar-refractivity contribution in [2.75, 3.05) is 13.2 Å². The van der Waals surface area contributed by atoms with E-state index in [0.717, 1.165) is 0 Å². The molecule has 0 saturated carbocycles. The van der Waals surface area contributed by atoms with Crippen molar-refractivity contribution < 1.29 is 26.9 Å². The van der Waals surface area contributed by atoms with Crippen LogP contribution in [0.15, 0.2) is 11.0 Å². The predicted octanol–water partition coefficient (Wildman–Crippen LogP) is 4.66. The number of phosphoric ester groups is 1. The molecule has 0 spiro atoms. The van der Waals surface area contributed by atoms with Gasteiger partial charge < -0.3 is 4.52 Å². The lowest BCUT2D eigenvalue weighted by atomic mass is 10.6. The van der Waals surface area contributed by atoms with Crippen LogP contribution in [0.5, 0.6) is 0 Å². The molecule has 0 bridgehead atoms. The lowest BCUT2D eigenvalue weighted by Gasteiger charge is -2.21. The molecule has 0 amide bonds. The van der Waals surface area contributed by atoms with E-state index in [1.165, 1.54) is 13.8 Å². The third kappa shape index (κ3) is 6.22. The number of phosphoric acid groups is 1. The number of allylic oxidation sites excluding steroid dienone is 1. The highest BCUT2D eigenvalue weighted by molar-refractivity contribution is 7.48. The van der Waals surface area contributed by atoms with Gasteiger partial charge in [0, 0.05) is 0 Å². The molecule has 0 rings (SSSR count). The van der Waals surface area contributed by atoms with Gasteiger partial charge in [0.15, 0.2) is 0 Å². The van der Waals surface area contributed by atoms with E-state index in [1.807, 2.05) is 0 Å². The predicted molar refractivity (Wildman–Crippen MR) is 61.5 cm³/mol. The molecule has 0 aliphatic carbocycles. The van der Waals surface area contributed by atoms with Crippen molar-refractivity contribution in [2.24, 2.45) is 0 Å². The van der Waals surface area contributed by atoms with Gasteiger partial charge in [-0.2, -0.15) is 8.78 Å². The van der Waals surface area contributed by atoms with Crippen LogP contribution in [-0.4, -0.2) is 17.8 Å². The van der Waals surface area contributed by atoms with Gasteiger partial charge >= 0.3 is 12.4 Å². The number of hydrogen-bond acceptors (Lipinski definition) is 4. The van der Waals surface area contributed by atoms with Crippen LogP contribution in [0.3, 0.4) is 0 Å². The smallest absolute Gasteiger partial charge is 0.398 e.